The lowest BCUT2D eigenvalue weighted by Gasteiger charge is -2.17. The average Bonchev–Trinajstić information content (AvgIpc) is 2.54. The summed E-state index contributed by atoms with van der Waals surface area (Å²) in [6.07, 6.45) is 6.13. The van der Waals surface area contributed by atoms with Crippen molar-refractivity contribution in [3.63, 3.8) is 0 Å². The van der Waals surface area contributed by atoms with Gasteiger partial charge in [0.1, 0.15) is 5.82 Å². The lowest BCUT2D eigenvalue weighted by Crippen LogP contribution is -2.17. The fraction of sp³-hybridized carbons (Fsp3) is 0.727. The Kier molecular flexibility index (Phi) is 4.14. The molecule has 1 heterocycles. The highest BCUT2D eigenvalue weighted by Gasteiger charge is 2.08. The van der Waals surface area contributed by atoms with Crippen LogP contribution in [0.25, 0.3) is 0 Å². The van der Waals surface area contributed by atoms with Gasteiger partial charge in [-0.05, 0) is 24.8 Å². The molecule has 0 fully saturated rings. The van der Waals surface area contributed by atoms with Gasteiger partial charge in [0.15, 0.2) is 0 Å². The maximum Gasteiger partial charge on any atom is 0.120 e. The number of hydrogen-bond donors (Lipinski definition) is 2. The fourth-order valence-electron chi connectivity index (χ4n) is 1.35. The number of aromatic nitrogens is 2. The first-order valence-electron chi connectivity index (χ1n) is 5.27. The van der Waals surface area contributed by atoms with Crippen LogP contribution in [-0.4, -0.2) is 16.5 Å². The van der Waals surface area contributed by atoms with Crippen LogP contribution in [0.15, 0.2) is 12.4 Å². The summed E-state index contributed by atoms with van der Waals surface area (Å²) in [5.41, 5.74) is 0.451. The molecule has 0 radical (unpaired) electrons. The molecule has 0 saturated carbocycles. The molecule has 0 unspecified atom stereocenters. The number of rotatable bonds is 5. The molecule has 0 aliphatic rings. The number of hydrogen-bond acceptors (Lipinski definition) is 2. The van der Waals surface area contributed by atoms with Gasteiger partial charge in [0.2, 0.25) is 0 Å². The summed E-state index contributed by atoms with van der Waals surface area (Å²) in [6, 6.07) is 0. The highest BCUT2D eigenvalue weighted by atomic mass is 15.0. The zero-order valence-electron chi connectivity index (χ0n) is 9.43. The Morgan fingerprint density at radius 3 is 2.79 bits per heavy atom. The summed E-state index contributed by atoms with van der Waals surface area (Å²) >= 11 is 0. The van der Waals surface area contributed by atoms with Crippen LogP contribution in [0.2, 0.25) is 0 Å². The molecule has 2 N–H and O–H groups in total. The lowest BCUT2D eigenvalue weighted by atomic mass is 9.91. The molecule has 1 aromatic rings. The smallest absolute Gasteiger partial charge is 0.120 e. The van der Waals surface area contributed by atoms with Crippen LogP contribution in [0.3, 0.4) is 0 Å². The van der Waals surface area contributed by atoms with Gasteiger partial charge in [-0.2, -0.15) is 0 Å². The molecule has 0 aromatic carbocycles. The molecular formula is C11H21N3. The Labute approximate surface area is 86.3 Å². The van der Waals surface area contributed by atoms with Gasteiger partial charge >= 0.3 is 0 Å². The van der Waals surface area contributed by atoms with E-state index in [4.69, 9.17) is 0 Å². The minimum absolute atomic E-state index is 0.451. The van der Waals surface area contributed by atoms with Crippen LogP contribution in [-0.2, 0) is 6.54 Å². The summed E-state index contributed by atoms with van der Waals surface area (Å²) in [5, 5.41) is 3.37. The molecule has 0 saturated heterocycles. The van der Waals surface area contributed by atoms with Gasteiger partial charge in [-0.15, -0.1) is 0 Å². The number of imidazole rings is 1. The first kappa shape index (κ1) is 11.2. The Bertz CT molecular complexity index is 234. The quantitative estimate of drug-likeness (QED) is 0.708. The zero-order chi connectivity index (χ0) is 10.4. The van der Waals surface area contributed by atoms with E-state index in [2.05, 4.69) is 36.1 Å². The third-order valence-corrected chi connectivity index (χ3v) is 2.13. The molecule has 0 spiro atoms. The zero-order valence-corrected chi connectivity index (χ0v) is 9.43. The molecule has 14 heavy (non-hydrogen) atoms. The molecule has 0 aliphatic carbocycles. The summed E-state index contributed by atoms with van der Waals surface area (Å²) in [7, 11) is 0. The summed E-state index contributed by atoms with van der Waals surface area (Å²) in [5.74, 6) is 1.01. The average molecular weight is 195 g/mol. The molecule has 1 aromatic heterocycles. The van der Waals surface area contributed by atoms with Gasteiger partial charge in [0, 0.05) is 12.4 Å². The Hall–Kier alpha value is -0.830. The van der Waals surface area contributed by atoms with Crippen molar-refractivity contribution in [1.29, 1.82) is 0 Å². The van der Waals surface area contributed by atoms with Crippen molar-refractivity contribution in [3.8, 4) is 0 Å². The second kappa shape index (κ2) is 5.15. The summed E-state index contributed by atoms with van der Waals surface area (Å²) in [4.78, 5) is 7.22. The number of nitrogens with zero attached hydrogens (tertiary/aromatic N) is 1. The Morgan fingerprint density at radius 2 is 2.21 bits per heavy atom. The normalized spacial score (nSPS) is 11.9. The van der Waals surface area contributed by atoms with E-state index in [0.29, 0.717) is 5.41 Å². The predicted molar refractivity (Wildman–Crippen MR) is 59.0 cm³/mol. The second-order valence-electron chi connectivity index (χ2n) is 4.88. The molecular weight excluding hydrogens is 174 g/mol. The Balaban J connectivity index is 2.00. The molecule has 80 valence electrons. The molecule has 0 amide bonds. The second-order valence-corrected chi connectivity index (χ2v) is 4.88. The van der Waals surface area contributed by atoms with E-state index in [9.17, 15) is 0 Å². The third-order valence-electron chi connectivity index (χ3n) is 2.13. The van der Waals surface area contributed by atoms with Crippen LogP contribution in [0.5, 0.6) is 0 Å². The van der Waals surface area contributed by atoms with Crippen LogP contribution >= 0.6 is 0 Å². The highest BCUT2D eigenvalue weighted by molar-refractivity contribution is 4.85. The van der Waals surface area contributed by atoms with Crippen molar-refractivity contribution in [1.82, 2.24) is 15.3 Å². The van der Waals surface area contributed by atoms with E-state index in [1.807, 2.05) is 6.20 Å². The number of aromatic amines is 1. The van der Waals surface area contributed by atoms with Crippen molar-refractivity contribution in [2.45, 2.75) is 40.2 Å². The van der Waals surface area contributed by atoms with Crippen molar-refractivity contribution in [2.75, 3.05) is 6.54 Å². The van der Waals surface area contributed by atoms with Crippen molar-refractivity contribution < 1.29 is 0 Å². The lowest BCUT2D eigenvalue weighted by molar-refractivity contribution is 0.360. The van der Waals surface area contributed by atoms with Crippen LogP contribution in [0, 0.1) is 5.41 Å². The number of nitrogens with one attached hydrogen (secondary N) is 2. The van der Waals surface area contributed by atoms with Gasteiger partial charge in [-0.3, -0.25) is 0 Å². The summed E-state index contributed by atoms with van der Waals surface area (Å²) in [6.45, 7) is 8.74. The van der Waals surface area contributed by atoms with Gasteiger partial charge < -0.3 is 10.3 Å². The van der Waals surface area contributed by atoms with Gasteiger partial charge in [-0.1, -0.05) is 20.8 Å². The first-order chi connectivity index (χ1) is 6.58. The minimum Gasteiger partial charge on any atom is -0.348 e. The molecule has 0 atom stereocenters. The Morgan fingerprint density at radius 1 is 1.43 bits per heavy atom. The predicted octanol–water partition coefficient (Wildman–Crippen LogP) is 2.33. The van der Waals surface area contributed by atoms with Crippen LogP contribution in [0.4, 0.5) is 0 Å². The minimum atomic E-state index is 0.451. The molecule has 3 heteroatoms. The van der Waals surface area contributed by atoms with Gasteiger partial charge in [0.05, 0.1) is 6.54 Å². The summed E-state index contributed by atoms with van der Waals surface area (Å²) < 4.78 is 0. The largest absolute Gasteiger partial charge is 0.348 e. The van der Waals surface area contributed by atoms with E-state index in [-0.39, 0.29) is 0 Å². The monoisotopic (exact) mass is 195 g/mol. The number of H-pyrrole nitrogens is 1. The molecule has 3 nitrogen and oxygen atoms in total. The van der Waals surface area contributed by atoms with Crippen molar-refractivity contribution in [3.05, 3.63) is 18.2 Å². The fourth-order valence-corrected chi connectivity index (χ4v) is 1.35. The van der Waals surface area contributed by atoms with Gasteiger partial charge in [0.25, 0.3) is 0 Å². The standard InChI is InChI=1S/C11H21N3/c1-11(2,3)5-4-6-12-9-10-13-7-8-14-10/h7-8,12H,4-6,9H2,1-3H3,(H,13,14). The van der Waals surface area contributed by atoms with E-state index in [0.717, 1.165) is 18.9 Å². The topological polar surface area (TPSA) is 40.7 Å². The maximum absolute atomic E-state index is 4.14. The van der Waals surface area contributed by atoms with Crippen LogP contribution in [0.1, 0.15) is 39.4 Å². The molecule has 1 rings (SSSR count). The van der Waals surface area contributed by atoms with Crippen LogP contribution < -0.4 is 5.32 Å². The first-order valence-corrected chi connectivity index (χ1v) is 5.27. The maximum atomic E-state index is 4.14. The SMILES string of the molecule is CC(C)(C)CCCNCc1ncc[nH]1. The van der Waals surface area contributed by atoms with E-state index in [1.54, 1.807) is 6.20 Å². The third kappa shape index (κ3) is 5.02. The highest BCUT2D eigenvalue weighted by Crippen LogP contribution is 2.19. The molecule has 0 bridgehead atoms. The van der Waals surface area contributed by atoms with E-state index >= 15 is 0 Å². The van der Waals surface area contributed by atoms with E-state index in [1.165, 1.54) is 12.8 Å². The molecule has 0 aliphatic heterocycles. The van der Waals surface area contributed by atoms with Crippen molar-refractivity contribution >= 4 is 0 Å². The van der Waals surface area contributed by atoms with E-state index < -0.39 is 0 Å². The van der Waals surface area contributed by atoms with Crippen molar-refractivity contribution in [2.24, 2.45) is 5.41 Å². The van der Waals surface area contributed by atoms with Gasteiger partial charge in [-0.25, -0.2) is 4.98 Å².